The van der Waals surface area contributed by atoms with E-state index < -0.39 is 28.4 Å². The van der Waals surface area contributed by atoms with Gasteiger partial charge in [-0.25, -0.2) is 4.39 Å². The molecule has 0 saturated carbocycles. The van der Waals surface area contributed by atoms with Crippen LogP contribution in [-0.2, 0) is 4.79 Å². The van der Waals surface area contributed by atoms with Crippen molar-refractivity contribution in [3.05, 3.63) is 63.5 Å². The molecule has 1 N–H and O–H groups in total. The van der Waals surface area contributed by atoms with Gasteiger partial charge in [0.2, 0.25) is 0 Å². The van der Waals surface area contributed by atoms with Crippen molar-refractivity contribution in [2.24, 2.45) is 0 Å². The second-order valence-electron chi connectivity index (χ2n) is 5.32. The largest absolute Gasteiger partial charge is 0.474 e. The first-order valence-corrected chi connectivity index (χ1v) is 7.29. The van der Waals surface area contributed by atoms with Gasteiger partial charge in [0.1, 0.15) is 12.1 Å². The van der Waals surface area contributed by atoms with Gasteiger partial charge in [-0.15, -0.1) is 0 Å². The lowest BCUT2D eigenvalue weighted by Gasteiger charge is -2.15. The summed E-state index contributed by atoms with van der Waals surface area (Å²) in [7, 11) is 0. The van der Waals surface area contributed by atoms with Gasteiger partial charge >= 0.3 is 5.69 Å². The maximum atomic E-state index is 13.5. The van der Waals surface area contributed by atoms with Crippen LogP contribution in [0.1, 0.15) is 22.8 Å². The first kappa shape index (κ1) is 18.1. The van der Waals surface area contributed by atoms with Crippen LogP contribution in [0.4, 0.5) is 15.8 Å². The molecule has 1 atom stereocenters. The Labute approximate surface area is 142 Å². The Balaban J connectivity index is 2.14. The number of ether oxygens (including phenoxy) is 1. The number of hydrogen-bond donors (Lipinski definition) is 1. The van der Waals surface area contributed by atoms with E-state index in [9.17, 15) is 24.1 Å². The summed E-state index contributed by atoms with van der Waals surface area (Å²) in [4.78, 5) is 33.2. The second kappa shape index (κ2) is 7.52. The zero-order valence-corrected chi connectivity index (χ0v) is 13.5. The zero-order chi connectivity index (χ0) is 18.6. The van der Waals surface area contributed by atoms with Crippen LogP contribution in [0.3, 0.4) is 0 Å². The van der Waals surface area contributed by atoms with Crippen molar-refractivity contribution in [2.45, 2.75) is 20.0 Å². The molecule has 0 unspecified atom stereocenters. The molecule has 1 amide bonds. The van der Waals surface area contributed by atoms with E-state index in [0.29, 0.717) is 11.8 Å². The SMILES string of the molecule is Cc1ccc(NC(=O)[C@H](C)Oc2ccc(C=O)cc2[N+](=O)[O-])cc1F. The van der Waals surface area contributed by atoms with Crippen molar-refractivity contribution in [3.8, 4) is 5.75 Å². The standard InChI is InChI=1S/C17H15FN2O5/c1-10-3-5-13(8-14(10)18)19-17(22)11(2)25-16-6-4-12(9-21)7-15(16)20(23)24/h3-9,11H,1-2H3,(H,19,22)/t11-/m0/s1. The van der Waals surface area contributed by atoms with E-state index in [2.05, 4.69) is 5.32 Å². The lowest BCUT2D eigenvalue weighted by Crippen LogP contribution is -2.30. The fraction of sp³-hybridized carbons (Fsp3) is 0.176. The molecule has 0 aliphatic carbocycles. The monoisotopic (exact) mass is 346 g/mol. The summed E-state index contributed by atoms with van der Waals surface area (Å²) < 4.78 is 18.8. The lowest BCUT2D eigenvalue weighted by atomic mass is 10.2. The third-order valence-corrected chi connectivity index (χ3v) is 3.43. The predicted molar refractivity (Wildman–Crippen MR) is 88.3 cm³/mol. The van der Waals surface area contributed by atoms with E-state index in [1.165, 1.54) is 37.3 Å². The van der Waals surface area contributed by atoms with E-state index in [1.54, 1.807) is 6.92 Å². The van der Waals surface area contributed by atoms with Gasteiger partial charge in [-0.3, -0.25) is 19.7 Å². The molecule has 130 valence electrons. The summed E-state index contributed by atoms with van der Waals surface area (Å²) in [5.41, 5.74) is 0.374. The Kier molecular flexibility index (Phi) is 5.43. The van der Waals surface area contributed by atoms with Crippen LogP contribution in [0.15, 0.2) is 36.4 Å². The Morgan fingerprint density at radius 1 is 1.32 bits per heavy atom. The van der Waals surface area contributed by atoms with Crippen molar-refractivity contribution in [2.75, 3.05) is 5.32 Å². The Bertz CT molecular complexity index is 838. The highest BCUT2D eigenvalue weighted by atomic mass is 19.1. The maximum absolute atomic E-state index is 13.5. The highest BCUT2D eigenvalue weighted by Crippen LogP contribution is 2.28. The van der Waals surface area contributed by atoms with Crippen LogP contribution < -0.4 is 10.1 Å². The molecule has 0 fully saturated rings. The molecular formula is C17H15FN2O5. The minimum Gasteiger partial charge on any atom is -0.474 e. The first-order chi connectivity index (χ1) is 11.8. The van der Waals surface area contributed by atoms with Gasteiger partial charge in [0.05, 0.1) is 4.92 Å². The smallest absolute Gasteiger partial charge is 0.311 e. The van der Waals surface area contributed by atoms with Gasteiger partial charge in [0.15, 0.2) is 11.9 Å². The minimum atomic E-state index is -1.08. The van der Waals surface area contributed by atoms with Crippen LogP contribution >= 0.6 is 0 Å². The molecular weight excluding hydrogens is 331 g/mol. The number of carbonyl (C=O) groups excluding carboxylic acids is 2. The van der Waals surface area contributed by atoms with Gasteiger partial charge in [-0.05, 0) is 43.7 Å². The second-order valence-corrected chi connectivity index (χ2v) is 5.32. The van der Waals surface area contributed by atoms with Crippen LogP contribution in [-0.4, -0.2) is 23.2 Å². The number of carbonyl (C=O) groups is 2. The number of rotatable bonds is 6. The number of hydrogen-bond acceptors (Lipinski definition) is 5. The first-order valence-electron chi connectivity index (χ1n) is 7.29. The van der Waals surface area contributed by atoms with Gasteiger partial charge in [-0.2, -0.15) is 0 Å². The number of benzene rings is 2. The Morgan fingerprint density at radius 3 is 2.64 bits per heavy atom. The van der Waals surface area contributed by atoms with Crippen molar-refractivity contribution < 1.29 is 23.6 Å². The molecule has 0 bridgehead atoms. The van der Waals surface area contributed by atoms with Gasteiger partial charge in [0.25, 0.3) is 5.91 Å². The molecule has 25 heavy (non-hydrogen) atoms. The summed E-state index contributed by atoms with van der Waals surface area (Å²) in [6.45, 7) is 2.99. The molecule has 0 radical (unpaired) electrons. The van der Waals surface area contributed by atoms with Crippen molar-refractivity contribution in [1.29, 1.82) is 0 Å². The van der Waals surface area contributed by atoms with Crippen LogP contribution in [0.5, 0.6) is 5.75 Å². The highest BCUT2D eigenvalue weighted by molar-refractivity contribution is 5.94. The Morgan fingerprint density at radius 2 is 2.04 bits per heavy atom. The minimum absolute atomic E-state index is 0.117. The fourth-order valence-corrected chi connectivity index (χ4v) is 2.01. The maximum Gasteiger partial charge on any atom is 0.311 e. The molecule has 2 aromatic rings. The van der Waals surface area contributed by atoms with Crippen molar-refractivity contribution in [1.82, 2.24) is 0 Å². The van der Waals surface area contributed by atoms with E-state index in [0.717, 1.165) is 6.07 Å². The molecule has 0 aliphatic heterocycles. The zero-order valence-electron chi connectivity index (χ0n) is 13.5. The quantitative estimate of drug-likeness (QED) is 0.492. The van der Waals surface area contributed by atoms with E-state index in [4.69, 9.17) is 4.74 Å². The number of aldehydes is 1. The van der Waals surface area contributed by atoms with Crippen LogP contribution in [0, 0.1) is 22.9 Å². The van der Waals surface area contributed by atoms with Gasteiger partial charge in [-0.1, -0.05) is 6.07 Å². The average molecular weight is 346 g/mol. The van der Waals surface area contributed by atoms with Gasteiger partial charge in [0, 0.05) is 17.3 Å². The van der Waals surface area contributed by atoms with E-state index >= 15 is 0 Å². The average Bonchev–Trinajstić information content (AvgIpc) is 2.58. The van der Waals surface area contributed by atoms with Gasteiger partial charge < -0.3 is 10.1 Å². The summed E-state index contributed by atoms with van der Waals surface area (Å²) >= 11 is 0. The van der Waals surface area contributed by atoms with Crippen molar-refractivity contribution in [3.63, 3.8) is 0 Å². The third kappa shape index (κ3) is 4.37. The molecule has 0 spiro atoms. The summed E-state index contributed by atoms with van der Waals surface area (Å²) in [5.74, 6) is -1.21. The Hall–Kier alpha value is -3.29. The number of nitro groups is 1. The fourth-order valence-electron chi connectivity index (χ4n) is 2.01. The molecule has 0 aliphatic rings. The summed E-state index contributed by atoms with van der Waals surface area (Å²) in [5, 5.41) is 13.5. The van der Waals surface area contributed by atoms with E-state index in [1.807, 2.05) is 0 Å². The summed E-state index contributed by atoms with van der Waals surface area (Å²) in [6, 6.07) is 7.86. The molecule has 7 nitrogen and oxygen atoms in total. The molecule has 2 rings (SSSR count). The van der Waals surface area contributed by atoms with E-state index in [-0.39, 0.29) is 17.0 Å². The normalized spacial score (nSPS) is 11.5. The number of aryl methyl sites for hydroxylation is 1. The number of nitro benzene ring substituents is 1. The number of nitrogens with one attached hydrogen (secondary N) is 1. The summed E-state index contributed by atoms with van der Waals surface area (Å²) in [6.07, 6.45) is -0.607. The third-order valence-electron chi connectivity index (χ3n) is 3.43. The lowest BCUT2D eigenvalue weighted by molar-refractivity contribution is -0.386. The van der Waals surface area contributed by atoms with Crippen LogP contribution in [0.2, 0.25) is 0 Å². The molecule has 0 saturated heterocycles. The molecule has 0 aromatic heterocycles. The molecule has 2 aromatic carbocycles. The number of nitrogens with zero attached hydrogens (tertiary/aromatic N) is 1. The van der Waals surface area contributed by atoms with Crippen LogP contribution in [0.25, 0.3) is 0 Å². The number of halogens is 1. The number of amides is 1. The highest BCUT2D eigenvalue weighted by Gasteiger charge is 2.22. The molecule has 0 heterocycles. The van der Waals surface area contributed by atoms with Crippen molar-refractivity contribution >= 4 is 23.6 Å². The predicted octanol–water partition coefficient (Wildman–Crippen LogP) is 3.26. The molecule has 8 heteroatoms. The topological polar surface area (TPSA) is 98.5 Å². The number of anilines is 1.